The summed E-state index contributed by atoms with van der Waals surface area (Å²) in [7, 11) is 0. The third kappa shape index (κ3) is 5.37. The second kappa shape index (κ2) is 10.9. The molecule has 0 saturated carbocycles. The van der Waals surface area contributed by atoms with Crippen molar-refractivity contribution >= 4 is 0 Å². The molecule has 3 rings (SSSR count). The van der Waals surface area contributed by atoms with Gasteiger partial charge in [0, 0.05) is 11.1 Å². The molecule has 0 amide bonds. The minimum atomic E-state index is -0.969. The summed E-state index contributed by atoms with van der Waals surface area (Å²) < 4.78 is 55.3. The van der Waals surface area contributed by atoms with Crippen molar-refractivity contribution in [1.82, 2.24) is 0 Å². The molecule has 2 unspecified atom stereocenters. The Kier molecular flexibility index (Phi) is 8.20. The van der Waals surface area contributed by atoms with Crippen LogP contribution in [0.3, 0.4) is 0 Å². The summed E-state index contributed by atoms with van der Waals surface area (Å²) in [6.07, 6.45) is 6.40. The first kappa shape index (κ1) is 22.7. The van der Waals surface area contributed by atoms with Crippen molar-refractivity contribution in [2.24, 2.45) is 5.92 Å². The normalized spacial score (nSPS) is 19.1. The average Bonchev–Trinajstić information content (AvgIpc) is 2.76. The van der Waals surface area contributed by atoms with Gasteiger partial charge < -0.3 is 9.47 Å². The van der Waals surface area contributed by atoms with Crippen LogP contribution >= 0.6 is 0 Å². The van der Waals surface area contributed by atoms with Gasteiger partial charge in [0.1, 0.15) is 0 Å². The lowest BCUT2D eigenvalue weighted by Crippen LogP contribution is -2.21. The molecule has 0 bridgehead atoms. The molecular weight excluding hydrogens is 389 g/mol. The number of hydrogen-bond acceptors (Lipinski definition) is 2. The molecule has 1 aliphatic heterocycles. The number of ether oxygens (including phenoxy) is 2. The van der Waals surface area contributed by atoms with Gasteiger partial charge in [-0.05, 0) is 49.3 Å². The standard InChI is InChI=1S/C25H31F3O2/c1-3-5-7-17-8-12-22(30-16-17)20-11-10-19(24(27)25(20)28)18-9-13-23(21(26)15-18)29-14-6-4-2/h9-11,13,15,17,22H,3-8,12,14,16H2,1-2H3. The highest BCUT2D eigenvalue weighted by Crippen LogP contribution is 2.37. The molecule has 0 N–H and O–H groups in total. The first-order valence-electron chi connectivity index (χ1n) is 11.1. The van der Waals surface area contributed by atoms with Crippen molar-refractivity contribution < 1.29 is 22.6 Å². The van der Waals surface area contributed by atoms with E-state index in [0.29, 0.717) is 25.6 Å². The van der Waals surface area contributed by atoms with E-state index in [1.54, 1.807) is 12.1 Å². The quantitative estimate of drug-likeness (QED) is 0.389. The number of hydrogen-bond donors (Lipinski definition) is 0. The topological polar surface area (TPSA) is 18.5 Å². The molecule has 1 heterocycles. The van der Waals surface area contributed by atoms with Crippen LogP contribution in [0.25, 0.3) is 11.1 Å². The Bertz CT molecular complexity index is 829. The van der Waals surface area contributed by atoms with E-state index in [9.17, 15) is 13.2 Å². The van der Waals surface area contributed by atoms with Crippen LogP contribution in [0.4, 0.5) is 13.2 Å². The minimum Gasteiger partial charge on any atom is -0.491 e. The number of rotatable bonds is 9. The van der Waals surface area contributed by atoms with Gasteiger partial charge in [-0.3, -0.25) is 0 Å². The van der Waals surface area contributed by atoms with Crippen LogP contribution < -0.4 is 4.74 Å². The lowest BCUT2D eigenvalue weighted by Gasteiger charge is -2.29. The number of halogens is 3. The van der Waals surface area contributed by atoms with Crippen LogP contribution in [0.15, 0.2) is 30.3 Å². The monoisotopic (exact) mass is 420 g/mol. The maximum atomic E-state index is 14.8. The van der Waals surface area contributed by atoms with Gasteiger partial charge >= 0.3 is 0 Å². The molecule has 0 aliphatic carbocycles. The average molecular weight is 421 g/mol. The predicted molar refractivity (Wildman–Crippen MR) is 113 cm³/mol. The van der Waals surface area contributed by atoms with E-state index in [1.807, 2.05) is 6.92 Å². The summed E-state index contributed by atoms with van der Waals surface area (Å²) >= 11 is 0. The molecule has 30 heavy (non-hydrogen) atoms. The number of benzene rings is 2. The minimum absolute atomic E-state index is 0.0342. The van der Waals surface area contributed by atoms with Crippen molar-refractivity contribution in [2.45, 2.75) is 64.9 Å². The van der Waals surface area contributed by atoms with Gasteiger partial charge in [0.2, 0.25) is 0 Å². The molecule has 0 spiro atoms. The van der Waals surface area contributed by atoms with Gasteiger partial charge in [-0.25, -0.2) is 13.2 Å². The maximum absolute atomic E-state index is 14.8. The zero-order valence-corrected chi connectivity index (χ0v) is 17.9. The first-order valence-corrected chi connectivity index (χ1v) is 11.1. The second-order valence-corrected chi connectivity index (χ2v) is 8.09. The zero-order valence-electron chi connectivity index (χ0n) is 17.9. The van der Waals surface area contributed by atoms with Crippen molar-refractivity contribution in [3.8, 4) is 16.9 Å². The van der Waals surface area contributed by atoms with E-state index < -0.39 is 23.6 Å². The molecule has 1 aliphatic rings. The molecule has 0 radical (unpaired) electrons. The van der Waals surface area contributed by atoms with Crippen LogP contribution in [-0.2, 0) is 4.74 Å². The summed E-state index contributed by atoms with van der Waals surface area (Å²) in [5, 5.41) is 0. The van der Waals surface area contributed by atoms with Gasteiger partial charge in [-0.2, -0.15) is 0 Å². The fourth-order valence-corrected chi connectivity index (χ4v) is 3.92. The molecular formula is C25H31F3O2. The Morgan fingerprint density at radius 2 is 1.77 bits per heavy atom. The summed E-state index contributed by atoms with van der Waals surface area (Å²) in [6.45, 7) is 5.18. The van der Waals surface area contributed by atoms with Gasteiger partial charge in [-0.1, -0.05) is 51.3 Å². The predicted octanol–water partition coefficient (Wildman–Crippen LogP) is 7.61. The van der Waals surface area contributed by atoms with Crippen LogP contribution in [0.5, 0.6) is 5.75 Å². The van der Waals surface area contributed by atoms with Crippen LogP contribution in [0.1, 0.15) is 70.5 Å². The van der Waals surface area contributed by atoms with Crippen LogP contribution in [0.2, 0.25) is 0 Å². The molecule has 2 atom stereocenters. The molecule has 2 aromatic rings. The smallest absolute Gasteiger partial charge is 0.167 e. The first-order chi connectivity index (χ1) is 14.5. The fourth-order valence-electron chi connectivity index (χ4n) is 3.92. The Morgan fingerprint density at radius 3 is 2.43 bits per heavy atom. The fraction of sp³-hybridized carbons (Fsp3) is 0.520. The SMILES string of the molecule is CCCCOc1ccc(-c2ccc(C3CCC(CCCC)CO3)c(F)c2F)cc1F. The van der Waals surface area contributed by atoms with Gasteiger partial charge in [0.25, 0.3) is 0 Å². The Hall–Kier alpha value is -2.01. The third-order valence-electron chi connectivity index (χ3n) is 5.79. The Balaban J connectivity index is 1.73. The number of unbranched alkanes of at least 4 members (excludes halogenated alkanes) is 2. The van der Waals surface area contributed by atoms with E-state index in [0.717, 1.165) is 38.5 Å². The van der Waals surface area contributed by atoms with Crippen molar-refractivity contribution in [2.75, 3.05) is 13.2 Å². The van der Waals surface area contributed by atoms with Gasteiger partial charge in [-0.15, -0.1) is 0 Å². The van der Waals surface area contributed by atoms with E-state index >= 15 is 0 Å². The molecule has 164 valence electrons. The molecule has 2 aromatic carbocycles. The summed E-state index contributed by atoms with van der Waals surface area (Å²) in [6, 6.07) is 7.28. The van der Waals surface area contributed by atoms with E-state index in [4.69, 9.17) is 9.47 Å². The highest BCUT2D eigenvalue weighted by Gasteiger charge is 2.27. The van der Waals surface area contributed by atoms with Crippen molar-refractivity contribution in [3.05, 3.63) is 53.3 Å². The Morgan fingerprint density at radius 1 is 0.967 bits per heavy atom. The highest BCUT2D eigenvalue weighted by molar-refractivity contribution is 5.66. The van der Waals surface area contributed by atoms with Crippen molar-refractivity contribution in [3.63, 3.8) is 0 Å². The zero-order chi connectivity index (χ0) is 21.5. The third-order valence-corrected chi connectivity index (χ3v) is 5.79. The lowest BCUT2D eigenvalue weighted by molar-refractivity contribution is -0.0217. The second-order valence-electron chi connectivity index (χ2n) is 8.09. The largest absolute Gasteiger partial charge is 0.491 e. The maximum Gasteiger partial charge on any atom is 0.167 e. The summed E-state index contributed by atoms with van der Waals surface area (Å²) in [5.74, 6) is -1.84. The van der Waals surface area contributed by atoms with Gasteiger partial charge in [0.15, 0.2) is 23.2 Å². The Labute approximate surface area is 177 Å². The lowest BCUT2D eigenvalue weighted by atomic mass is 9.90. The van der Waals surface area contributed by atoms with Crippen LogP contribution in [-0.4, -0.2) is 13.2 Å². The molecule has 1 saturated heterocycles. The van der Waals surface area contributed by atoms with E-state index in [-0.39, 0.29) is 22.4 Å². The molecule has 2 nitrogen and oxygen atoms in total. The molecule has 0 aromatic heterocycles. The van der Waals surface area contributed by atoms with E-state index in [1.165, 1.54) is 18.2 Å². The molecule has 5 heteroatoms. The highest BCUT2D eigenvalue weighted by atomic mass is 19.2. The van der Waals surface area contributed by atoms with Crippen molar-refractivity contribution in [1.29, 1.82) is 0 Å². The van der Waals surface area contributed by atoms with E-state index in [2.05, 4.69) is 6.92 Å². The molecule has 1 fully saturated rings. The summed E-state index contributed by atoms with van der Waals surface area (Å²) in [5.41, 5.74) is 0.555. The van der Waals surface area contributed by atoms with Gasteiger partial charge in [0.05, 0.1) is 19.3 Å². The summed E-state index contributed by atoms with van der Waals surface area (Å²) in [4.78, 5) is 0. The van der Waals surface area contributed by atoms with Crippen LogP contribution in [0, 0.1) is 23.4 Å².